The molecule has 1 unspecified atom stereocenters. The van der Waals surface area contributed by atoms with Crippen LogP contribution in [0.4, 0.5) is 0 Å². The second-order valence-corrected chi connectivity index (χ2v) is 12.7. The van der Waals surface area contributed by atoms with E-state index < -0.39 is 0 Å². The molecule has 0 spiro atoms. The van der Waals surface area contributed by atoms with E-state index in [-0.39, 0.29) is 23.7 Å². The van der Waals surface area contributed by atoms with Gasteiger partial charge in [-0.05, 0) is 85.0 Å². The Labute approximate surface area is 195 Å². The average Bonchev–Trinajstić information content (AvgIpc) is 3.08. The minimum absolute atomic E-state index is 0.144. The molecule has 0 bridgehead atoms. The zero-order valence-corrected chi connectivity index (χ0v) is 21.1. The number of hydrogen-bond acceptors (Lipinski definition) is 2. The molecule has 8 atom stereocenters. The fourth-order valence-corrected chi connectivity index (χ4v) is 8.81. The Morgan fingerprint density at radius 2 is 1.91 bits per heavy atom. The van der Waals surface area contributed by atoms with Gasteiger partial charge in [0.25, 0.3) is 0 Å². The second-order valence-electron chi connectivity index (χ2n) is 12.7. The number of hydrogen-bond donors (Lipinski definition) is 2. The van der Waals surface area contributed by atoms with Crippen molar-refractivity contribution in [3.05, 3.63) is 46.0 Å². The molecule has 176 valence electrons. The minimum atomic E-state index is -0.238. The lowest BCUT2D eigenvalue weighted by Crippen LogP contribution is -2.62. The molecule has 3 heteroatoms. The van der Waals surface area contributed by atoms with Gasteiger partial charge in [0, 0.05) is 11.8 Å². The average molecular weight is 439 g/mol. The maximum Gasteiger partial charge on any atom is 0.121 e. The van der Waals surface area contributed by atoms with Gasteiger partial charge in [-0.3, -0.25) is 0 Å². The van der Waals surface area contributed by atoms with Gasteiger partial charge >= 0.3 is 0 Å². The van der Waals surface area contributed by atoms with Crippen molar-refractivity contribution in [3.8, 4) is 0 Å². The van der Waals surface area contributed by atoms with Crippen molar-refractivity contribution in [2.45, 2.75) is 96.3 Å². The van der Waals surface area contributed by atoms with Crippen molar-refractivity contribution in [1.29, 1.82) is 0 Å². The molecule has 1 aliphatic heterocycles. The monoisotopic (exact) mass is 438 g/mol. The second kappa shape index (κ2) is 7.68. The third-order valence-electron chi connectivity index (χ3n) is 10.2. The molecule has 1 aromatic carbocycles. The van der Waals surface area contributed by atoms with Crippen LogP contribution < -0.4 is 0 Å². The number of nitrogens with zero attached hydrogens (tertiary/aromatic N) is 1. The number of fused-ring (bicyclic) bond motifs is 5. The summed E-state index contributed by atoms with van der Waals surface area (Å²) >= 11 is 0. The van der Waals surface area contributed by atoms with Gasteiger partial charge in [-0.15, -0.1) is 0 Å². The lowest BCUT2D eigenvalue weighted by atomic mass is 9.57. The van der Waals surface area contributed by atoms with Crippen LogP contribution in [0.25, 0.3) is 0 Å². The van der Waals surface area contributed by atoms with E-state index in [4.69, 9.17) is 0 Å². The lowest BCUT2D eigenvalue weighted by Gasteiger charge is -2.49. The zero-order chi connectivity index (χ0) is 23.0. The summed E-state index contributed by atoms with van der Waals surface area (Å²) in [4.78, 5) is 0. The Balaban J connectivity index is 1.47. The van der Waals surface area contributed by atoms with E-state index in [1.807, 2.05) is 0 Å². The van der Waals surface area contributed by atoms with Gasteiger partial charge in [-0.2, -0.15) is 0 Å². The van der Waals surface area contributed by atoms with Gasteiger partial charge < -0.3 is 14.7 Å². The number of benzene rings is 1. The molecule has 2 N–H and O–H groups in total. The quantitative estimate of drug-likeness (QED) is 0.499. The van der Waals surface area contributed by atoms with Crippen LogP contribution in [0.2, 0.25) is 0 Å². The van der Waals surface area contributed by atoms with E-state index in [0.717, 1.165) is 43.1 Å². The van der Waals surface area contributed by atoms with E-state index in [0.29, 0.717) is 23.7 Å². The SMILES string of the molecule is Cc1c([C@H](C)C2[C@H](O)C[C@H](C)C[N+]2(C)C)ccc2c1C[C@H]1[C@H]2CC=C2C[C@@H](O)CC[C@@]21C. The summed E-state index contributed by atoms with van der Waals surface area (Å²) in [6.07, 6.45) is 8.27. The summed E-state index contributed by atoms with van der Waals surface area (Å²) in [5.41, 5.74) is 7.87. The highest BCUT2D eigenvalue weighted by molar-refractivity contribution is 5.49. The fraction of sp³-hybridized carbons (Fsp3) is 0.724. The molecular weight excluding hydrogens is 394 g/mol. The molecule has 3 nitrogen and oxygen atoms in total. The molecular formula is C29H44NO2+. The topological polar surface area (TPSA) is 40.5 Å². The number of likely N-dealkylation sites (tertiary alicyclic amines) is 1. The molecule has 1 aromatic rings. The van der Waals surface area contributed by atoms with Crippen LogP contribution in [0.1, 0.15) is 87.0 Å². The van der Waals surface area contributed by atoms with Crippen LogP contribution in [0.5, 0.6) is 0 Å². The molecule has 1 saturated carbocycles. The first-order valence-electron chi connectivity index (χ1n) is 13.0. The van der Waals surface area contributed by atoms with E-state index in [1.54, 1.807) is 11.1 Å². The van der Waals surface area contributed by atoms with E-state index >= 15 is 0 Å². The summed E-state index contributed by atoms with van der Waals surface area (Å²) < 4.78 is 0.902. The molecule has 0 aromatic heterocycles. The first-order valence-corrected chi connectivity index (χ1v) is 13.0. The molecule has 5 rings (SSSR count). The first-order chi connectivity index (χ1) is 15.0. The normalized spacial score (nSPS) is 41.3. The van der Waals surface area contributed by atoms with E-state index in [9.17, 15) is 10.2 Å². The smallest absolute Gasteiger partial charge is 0.121 e. The molecule has 3 aliphatic carbocycles. The maximum atomic E-state index is 11.1. The summed E-state index contributed by atoms with van der Waals surface area (Å²) in [5.74, 6) is 2.21. The number of rotatable bonds is 2. The minimum Gasteiger partial charge on any atom is -0.393 e. The lowest BCUT2D eigenvalue weighted by molar-refractivity contribution is -0.928. The van der Waals surface area contributed by atoms with Gasteiger partial charge in [-0.25, -0.2) is 0 Å². The number of aliphatic hydroxyl groups excluding tert-OH is 2. The summed E-state index contributed by atoms with van der Waals surface area (Å²) in [6, 6.07) is 5.09. The molecule has 4 aliphatic rings. The summed E-state index contributed by atoms with van der Waals surface area (Å²) in [6.45, 7) is 10.6. The van der Waals surface area contributed by atoms with Crippen LogP contribution in [-0.4, -0.2) is 53.6 Å². The Morgan fingerprint density at radius 3 is 2.62 bits per heavy atom. The maximum absolute atomic E-state index is 11.1. The van der Waals surface area contributed by atoms with E-state index in [1.165, 1.54) is 23.1 Å². The van der Waals surface area contributed by atoms with Crippen molar-refractivity contribution in [1.82, 2.24) is 0 Å². The van der Waals surface area contributed by atoms with Crippen molar-refractivity contribution in [2.24, 2.45) is 17.3 Å². The number of allylic oxidation sites excluding steroid dienone is 1. The van der Waals surface area contributed by atoms with Crippen LogP contribution in [-0.2, 0) is 6.42 Å². The predicted octanol–water partition coefficient (Wildman–Crippen LogP) is 5.08. The fourth-order valence-electron chi connectivity index (χ4n) is 8.81. The zero-order valence-electron chi connectivity index (χ0n) is 21.1. The molecule has 32 heavy (non-hydrogen) atoms. The largest absolute Gasteiger partial charge is 0.393 e. The number of aliphatic hydroxyl groups is 2. The summed E-state index contributed by atoms with van der Waals surface area (Å²) in [7, 11) is 4.62. The molecule has 0 radical (unpaired) electrons. The predicted molar refractivity (Wildman–Crippen MR) is 131 cm³/mol. The number of quaternary nitrogens is 1. The highest BCUT2D eigenvalue weighted by Gasteiger charge is 2.51. The molecule has 0 amide bonds. The van der Waals surface area contributed by atoms with Crippen molar-refractivity contribution < 1.29 is 14.7 Å². The third kappa shape index (κ3) is 3.34. The van der Waals surface area contributed by atoms with Gasteiger partial charge in [-0.1, -0.05) is 44.6 Å². The van der Waals surface area contributed by atoms with E-state index in [2.05, 4.69) is 60.0 Å². The third-order valence-corrected chi connectivity index (χ3v) is 10.2. The van der Waals surface area contributed by atoms with Gasteiger partial charge in [0.05, 0.1) is 26.7 Å². The molecule has 1 heterocycles. The highest BCUT2D eigenvalue weighted by atomic mass is 16.3. The number of likely N-dealkylation sites (N-methyl/N-ethyl adjacent to an activating group) is 1. The number of piperidine rings is 1. The van der Waals surface area contributed by atoms with Crippen molar-refractivity contribution in [2.75, 3.05) is 20.6 Å². The first kappa shape index (κ1) is 22.6. The van der Waals surface area contributed by atoms with Crippen LogP contribution in [0.15, 0.2) is 23.8 Å². The van der Waals surface area contributed by atoms with Crippen LogP contribution in [0, 0.1) is 24.2 Å². The molecule has 2 fully saturated rings. The van der Waals surface area contributed by atoms with Gasteiger partial charge in [0.1, 0.15) is 12.1 Å². The Bertz CT molecular complexity index is 933. The Kier molecular flexibility index (Phi) is 5.43. The van der Waals surface area contributed by atoms with Crippen LogP contribution >= 0.6 is 0 Å². The summed E-state index contributed by atoms with van der Waals surface area (Å²) in [5, 5.41) is 21.4. The Morgan fingerprint density at radius 1 is 1.16 bits per heavy atom. The standard InChI is InChI=1S/C29H44NO2/c1-17-13-27(32)28(30(5,6)16-17)19(3)22-9-10-23-24-8-7-20-14-21(31)11-12-29(20,4)26(24)15-25(23)18(22)2/h7,9-10,17,19,21,24,26-28,31-32H,8,11-16H2,1-6H3/q+1/t17-,19-,21-,24-,26-,27+,28?,29-/m0/s1. The molecule has 1 saturated heterocycles. The van der Waals surface area contributed by atoms with Crippen LogP contribution in [0.3, 0.4) is 0 Å². The highest BCUT2D eigenvalue weighted by Crippen LogP contribution is 2.60. The van der Waals surface area contributed by atoms with Crippen molar-refractivity contribution >= 4 is 0 Å². The van der Waals surface area contributed by atoms with Crippen molar-refractivity contribution in [3.63, 3.8) is 0 Å². The van der Waals surface area contributed by atoms with Gasteiger partial charge in [0.15, 0.2) is 0 Å². The Hall–Kier alpha value is -1.16. The van der Waals surface area contributed by atoms with Gasteiger partial charge in [0.2, 0.25) is 0 Å².